The number of pyridine rings is 1. The van der Waals surface area contributed by atoms with Gasteiger partial charge in [0.1, 0.15) is 17.5 Å². The Kier molecular flexibility index (Phi) is 5.22. The van der Waals surface area contributed by atoms with Crippen molar-refractivity contribution in [2.45, 2.75) is 25.9 Å². The van der Waals surface area contributed by atoms with Crippen LogP contribution in [0.2, 0.25) is 0 Å². The second kappa shape index (κ2) is 7.88. The lowest BCUT2D eigenvalue weighted by molar-refractivity contribution is 0.105. The molecule has 1 fully saturated rings. The fraction of sp³-hybridized carbons (Fsp3) is 0.381. The molecule has 0 saturated carbocycles. The smallest absolute Gasteiger partial charge is 0.407 e. The normalized spacial score (nSPS) is 14.7. The fourth-order valence-corrected chi connectivity index (χ4v) is 3.95. The first-order valence-corrected chi connectivity index (χ1v) is 10.2. The standard InChI is InChI=1S/C21H25N9O2/c1-11-14(8-22)19(27-20(23)25-11)24-12(2)18-17(7-16-15(26-18)5-6-28(16)3)29(4)13-9-30(10-13)21(31)32/h5-7,12-13H,9-10H2,1-4H3,(H,31,32)(H3,23,24,25,27)/t12-/m0/s1. The van der Waals surface area contributed by atoms with E-state index in [2.05, 4.69) is 32.3 Å². The Morgan fingerprint density at radius 1 is 1.41 bits per heavy atom. The summed E-state index contributed by atoms with van der Waals surface area (Å²) in [4.78, 5) is 27.8. The van der Waals surface area contributed by atoms with Crippen LogP contribution in [0.1, 0.15) is 29.9 Å². The number of carboxylic acid groups (broad SMARTS) is 1. The summed E-state index contributed by atoms with van der Waals surface area (Å²) in [6.45, 7) is 4.51. The van der Waals surface area contributed by atoms with Crippen molar-refractivity contribution in [3.8, 4) is 6.07 Å². The Labute approximate surface area is 185 Å². The van der Waals surface area contributed by atoms with E-state index in [1.807, 2.05) is 37.8 Å². The Balaban J connectivity index is 1.72. The number of hydrogen-bond acceptors (Lipinski definition) is 8. The Hall–Kier alpha value is -4.07. The Bertz CT molecular complexity index is 1240. The molecule has 4 rings (SSSR count). The summed E-state index contributed by atoms with van der Waals surface area (Å²) in [6, 6.07) is 5.87. The molecule has 1 amide bonds. The van der Waals surface area contributed by atoms with Crippen molar-refractivity contribution >= 4 is 34.6 Å². The number of nitriles is 1. The van der Waals surface area contributed by atoms with Gasteiger partial charge in [0.2, 0.25) is 5.95 Å². The number of fused-ring (bicyclic) bond motifs is 1. The van der Waals surface area contributed by atoms with Crippen molar-refractivity contribution in [2.75, 3.05) is 36.1 Å². The maximum absolute atomic E-state index is 11.2. The second-order valence-electron chi connectivity index (χ2n) is 8.04. The molecular weight excluding hydrogens is 410 g/mol. The third-order valence-electron chi connectivity index (χ3n) is 5.92. The summed E-state index contributed by atoms with van der Waals surface area (Å²) in [5.74, 6) is 0.442. The van der Waals surface area contributed by atoms with Gasteiger partial charge in [-0.2, -0.15) is 10.2 Å². The minimum absolute atomic E-state index is 0.0446. The number of nitrogen functional groups attached to an aromatic ring is 1. The predicted octanol–water partition coefficient (Wildman–Crippen LogP) is 2.10. The van der Waals surface area contributed by atoms with Gasteiger partial charge in [-0.05, 0) is 26.0 Å². The molecule has 1 saturated heterocycles. The summed E-state index contributed by atoms with van der Waals surface area (Å²) < 4.78 is 1.99. The molecule has 0 aliphatic carbocycles. The van der Waals surface area contributed by atoms with Gasteiger partial charge in [0.05, 0.1) is 40.2 Å². The van der Waals surface area contributed by atoms with Crippen LogP contribution in [-0.4, -0.2) is 61.8 Å². The van der Waals surface area contributed by atoms with E-state index in [9.17, 15) is 15.2 Å². The van der Waals surface area contributed by atoms with Gasteiger partial charge in [0.25, 0.3) is 0 Å². The highest BCUT2D eigenvalue weighted by Crippen LogP contribution is 2.33. The van der Waals surface area contributed by atoms with Gasteiger partial charge >= 0.3 is 6.09 Å². The molecule has 166 valence electrons. The highest BCUT2D eigenvalue weighted by molar-refractivity contribution is 5.81. The molecule has 11 heteroatoms. The van der Waals surface area contributed by atoms with Crippen LogP contribution in [0.25, 0.3) is 11.0 Å². The van der Waals surface area contributed by atoms with Crippen LogP contribution in [0.4, 0.5) is 22.2 Å². The summed E-state index contributed by atoms with van der Waals surface area (Å²) in [5, 5.41) is 22.0. The molecule has 0 radical (unpaired) electrons. The van der Waals surface area contributed by atoms with Crippen molar-refractivity contribution in [1.29, 1.82) is 5.26 Å². The van der Waals surface area contributed by atoms with Crippen molar-refractivity contribution in [2.24, 2.45) is 7.05 Å². The molecule has 1 atom stereocenters. The third-order valence-corrected chi connectivity index (χ3v) is 5.92. The number of aromatic nitrogens is 4. The van der Waals surface area contributed by atoms with E-state index in [-0.39, 0.29) is 18.0 Å². The topological polar surface area (TPSA) is 149 Å². The number of likely N-dealkylation sites (N-methyl/N-ethyl adjacent to an activating group) is 1. The monoisotopic (exact) mass is 435 g/mol. The number of nitrogens with zero attached hydrogens (tertiary/aromatic N) is 7. The van der Waals surface area contributed by atoms with E-state index in [1.54, 1.807) is 6.92 Å². The molecule has 0 bridgehead atoms. The van der Waals surface area contributed by atoms with E-state index >= 15 is 0 Å². The lowest BCUT2D eigenvalue weighted by Gasteiger charge is -2.44. The number of carbonyl (C=O) groups is 1. The van der Waals surface area contributed by atoms with E-state index < -0.39 is 6.09 Å². The highest BCUT2D eigenvalue weighted by Gasteiger charge is 2.35. The van der Waals surface area contributed by atoms with Gasteiger partial charge in [-0.25, -0.2) is 14.8 Å². The summed E-state index contributed by atoms with van der Waals surface area (Å²) in [6.07, 6.45) is 1.03. The van der Waals surface area contributed by atoms with Gasteiger partial charge in [-0.1, -0.05) is 0 Å². The van der Waals surface area contributed by atoms with Crippen molar-refractivity contribution < 1.29 is 9.90 Å². The quantitative estimate of drug-likeness (QED) is 0.547. The average Bonchev–Trinajstić information content (AvgIpc) is 3.05. The molecule has 3 aromatic rings. The van der Waals surface area contributed by atoms with Gasteiger partial charge < -0.3 is 30.5 Å². The SMILES string of the molecule is Cc1nc(N)nc(N[C@@H](C)c2nc3ccn(C)c3cc2N(C)C2CN(C(=O)O)C2)c1C#N. The molecule has 0 unspecified atom stereocenters. The van der Waals surface area contributed by atoms with Gasteiger partial charge in [-0.15, -0.1) is 0 Å². The number of rotatable bonds is 5. The number of likely N-dealkylation sites (tertiary alicyclic amines) is 1. The summed E-state index contributed by atoms with van der Waals surface area (Å²) in [7, 11) is 3.90. The van der Waals surface area contributed by atoms with Crippen LogP contribution in [-0.2, 0) is 7.05 Å². The van der Waals surface area contributed by atoms with E-state index in [0.29, 0.717) is 30.2 Å². The lowest BCUT2D eigenvalue weighted by atomic mass is 10.0. The van der Waals surface area contributed by atoms with E-state index in [1.165, 1.54) is 4.90 Å². The molecule has 32 heavy (non-hydrogen) atoms. The van der Waals surface area contributed by atoms with Gasteiger partial charge in [0.15, 0.2) is 0 Å². The Morgan fingerprint density at radius 2 is 2.12 bits per heavy atom. The fourth-order valence-electron chi connectivity index (χ4n) is 3.95. The maximum Gasteiger partial charge on any atom is 0.407 e. The van der Waals surface area contributed by atoms with Crippen LogP contribution in [0.3, 0.4) is 0 Å². The van der Waals surface area contributed by atoms with Crippen LogP contribution in [0, 0.1) is 18.3 Å². The first kappa shape index (κ1) is 21.2. The maximum atomic E-state index is 11.2. The molecule has 3 aromatic heterocycles. The number of anilines is 3. The number of hydrogen-bond donors (Lipinski definition) is 3. The zero-order valence-corrected chi connectivity index (χ0v) is 18.4. The molecular formula is C21H25N9O2. The second-order valence-corrected chi connectivity index (χ2v) is 8.04. The van der Waals surface area contributed by atoms with Crippen LogP contribution >= 0.6 is 0 Å². The van der Waals surface area contributed by atoms with E-state index in [0.717, 1.165) is 22.4 Å². The highest BCUT2D eigenvalue weighted by atomic mass is 16.4. The van der Waals surface area contributed by atoms with Gasteiger partial charge in [-0.3, -0.25) is 0 Å². The average molecular weight is 435 g/mol. The van der Waals surface area contributed by atoms with E-state index in [4.69, 9.17) is 10.7 Å². The number of amides is 1. The summed E-state index contributed by atoms with van der Waals surface area (Å²) >= 11 is 0. The molecule has 1 aliphatic rings. The first-order chi connectivity index (χ1) is 15.2. The van der Waals surface area contributed by atoms with Crippen LogP contribution in [0.5, 0.6) is 0 Å². The first-order valence-electron chi connectivity index (χ1n) is 10.2. The molecule has 1 aliphatic heterocycles. The molecule has 0 aromatic carbocycles. The number of nitrogens with two attached hydrogens (primary N) is 1. The largest absolute Gasteiger partial charge is 0.465 e. The zero-order chi connectivity index (χ0) is 23.2. The molecule has 0 spiro atoms. The Morgan fingerprint density at radius 3 is 2.78 bits per heavy atom. The molecule has 4 heterocycles. The zero-order valence-electron chi connectivity index (χ0n) is 18.4. The summed E-state index contributed by atoms with van der Waals surface area (Å²) in [5.41, 5.74) is 10.1. The van der Waals surface area contributed by atoms with Crippen molar-refractivity contribution in [3.63, 3.8) is 0 Å². The minimum Gasteiger partial charge on any atom is -0.465 e. The third kappa shape index (κ3) is 3.60. The number of aryl methyl sites for hydroxylation is 2. The van der Waals surface area contributed by atoms with Crippen molar-refractivity contribution in [1.82, 2.24) is 24.4 Å². The predicted molar refractivity (Wildman–Crippen MR) is 120 cm³/mol. The molecule has 11 nitrogen and oxygen atoms in total. The van der Waals surface area contributed by atoms with Gasteiger partial charge in [0, 0.05) is 33.4 Å². The minimum atomic E-state index is -0.915. The number of nitrogens with one attached hydrogen (secondary N) is 1. The molecule has 4 N–H and O–H groups in total. The van der Waals surface area contributed by atoms with Crippen molar-refractivity contribution in [3.05, 3.63) is 35.3 Å². The van der Waals surface area contributed by atoms with Crippen LogP contribution < -0.4 is 16.0 Å². The van der Waals surface area contributed by atoms with Crippen LogP contribution in [0.15, 0.2) is 18.3 Å². The lowest BCUT2D eigenvalue weighted by Crippen LogP contribution is -2.60.